The molecule has 4 aromatic carbocycles. The smallest absolute Gasteiger partial charge is 0.259 e. The van der Waals surface area contributed by atoms with Crippen molar-refractivity contribution in [2.24, 2.45) is 10.2 Å². The molecule has 0 unspecified atom stereocenters. The summed E-state index contributed by atoms with van der Waals surface area (Å²) in [5.41, 5.74) is 9.66. The van der Waals surface area contributed by atoms with Gasteiger partial charge in [-0.15, -0.1) is 0 Å². The summed E-state index contributed by atoms with van der Waals surface area (Å²) in [6.45, 7) is 6.49. The van der Waals surface area contributed by atoms with Gasteiger partial charge in [-0.3, -0.25) is 9.59 Å². The number of halogens is 4. The summed E-state index contributed by atoms with van der Waals surface area (Å²) < 4.78 is 6.89. The topological polar surface area (TPSA) is 180 Å². The second kappa shape index (κ2) is 22.7. The molecule has 0 radical (unpaired) electrons. The lowest BCUT2D eigenvalue weighted by Gasteiger charge is -2.24. The maximum atomic E-state index is 12.9. The molecule has 4 rings (SSSR count). The Bertz CT molecular complexity index is 1910. The van der Waals surface area contributed by atoms with E-state index in [0.29, 0.717) is 46.4 Å². The van der Waals surface area contributed by atoms with Crippen LogP contribution in [0.15, 0.2) is 88.8 Å². The number of hydrazone groups is 2. The van der Waals surface area contributed by atoms with Gasteiger partial charge in [0.2, 0.25) is 0 Å². The Balaban J connectivity index is 1.21. The van der Waals surface area contributed by atoms with Gasteiger partial charge in [0.1, 0.15) is 31.9 Å². The van der Waals surface area contributed by atoms with Crippen molar-refractivity contribution < 1.29 is 34.8 Å². The van der Waals surface area contributed by atoms with Gasteiger partial charge in [-0.25, -0.2) is 10.9 Å². The monoisotopic (exact) mass is 1040 g/mol. The van der Waals surface area contributed by atoms with Crippen LogP contribution in [-0.2, 0) is 14.3 Å². The molecule has 0 aliphatic carbocycles. The van der Waals surface area contributed by atoms with Crippen LogP contribution in [-0.4, -0.2) is 84.1 Å². The van der Waals surface area contributed by atoms with Crippen LogP contribution in [0.2, 0.25) is 0 Å². The molecule has 57 heavy (non-hydrogen) atoms. The Morgan fingerprint density at radius 1 is 0.614 bits per heavy atom. The summed E-state index contributed by atoms with van der Waals surface area (Å²) in [5, 5.41) is 48.4. The molecule has 0 spiro atoms. The van der Waals surface area contributed by atoms with Crippen LogP contribution in [0.25, 0.3) is 0 Å². The number of phenolic OH excluding ortho intramolecular Hbond substituents is 4. The molecular weight excluding hydrogens is 996 g/mol. The largest absolute Gasteiger partial charge is 0.506 e. The summed E-state index contributed by atoms with van der Waals surface area (Å²) >= 11 is 12.7. The first-order valence-electron chi connectivity index (χ1n) is 17.9. The molecule has 0 fully saturated rings. The van der Waals surface area contributed by atoms with Crippen LogP contribution in [0.1, 0.15) is 47.9 Å². The van der Waals surface area contributed by atoms with Gasteiger partial charge in [-0.05, 0) is 140 Å². The zero-order valence-electron chi connectivity index (χ0n) is 31.3. The molecule has 13 nitrogen and oxygen atoms in total. The molecule has 304 valence electrons. The lowest BCUT2D eigenvalue weighted by Crippen LogP contribution is -2.36. The lowest BCUT2D eigenvalue weighted by molar-refractivity contribution is -0.120. The number of carbonyl (C=O) groups excluding carboxylic acids is 2. The zero-order valence-corrected chi connectivity index (χ0v) is 37.7. The number of hydrogen-bond acceptors (Lipinski definition) is 11. The van der Waals surface area contributed by atoms with Crippen molar-refractivity contribution in [3.8, 4) is 23.0 Å². The summed E-state index contributed by atoms with van der Waals surface area (Å²) in [6.07, 6.45) is 5.75. The van der Waals surface area contributed by atoms with Crippen LogP contribution in [0.5, 0.6) is 23.0 Å². The molecule has 6 N–H and O–H groups in total. The average molecular weight is 1040 g/mol. The van der Waals surface area contributed by atoms with Crippen molar-refractivity contribution in [1.29, 1.82) is 0 Å². The number of aryl methyl sites for hydroxylation is 2. The Labute approximate surface area is 365 Å². The van der Waals surface area contributed by atoms with Gasteiger partial charge in [-0.1, -0.05) is 35.4 Å². The van der Waals surface area contributed by atoms with Gasteiger partial charge in [0, 0.05) is 48.8 Å². The number of hydrogen-bond donors (Lipinski definition) is 6. The van der Waals surface area contributed by atoms with Gasteiger partial charge in [0.15, 0.2) is 0 Å². The maximum Gasteiger partial charge on any atom is 0.259 e. The highest BCUT2D eigenvalue weighted by Crippen LogP contribution is 2.41. The number of anilines is 2. The van der Waals surface area contributed by atoms with Gasteiger partial charge in [0.05, 0.1) is 34.5 Å². The molecule has 0 saturated carbocycles. The van der Waals surface area contributed by atoms with Crippen LogP contribution in [0.4, 0.5) is 11.4 Å². The minimum absolute atomic E-state index is 0.0655. The van der Waals surface area contributed by atoms with Crippen LogP contribution < -0.4 is 20.7 Å². The highest BCUT2D eigenvalue weighted by molar-refractivity contribution is 9.11. The van der Waals surface area contributed by atoms with E-state index in [0.717, 1.165) is 48.2 Å². The normalized spacial score (nSPS) is 11.3. The number of amides is 2. The van der Waals surface area contributed by atoms with Crippen molar-refractivity contribution in [1.82, 2.24) is 10.9 Å². The number of phenols is 4. The van der Waals surface area contributed by atoms with E-state index < -0.39 is 0 Å². The standard InChI is InChI=1S/C40H44Br4N6O7/c1-25-7-11-29(12-8-25)49(23-33(51)47-45-21-27-19-31(41)39(55)35(43)37(27)53)15-3-5-17-57-18-6-4-16-50(30-13-9-26(2)10-14-30)24-34(52)48-46-22-28-20-32(42)40(56)36(44)38(28)54/h7-14,19-22,53-56H,3-6,15-18,23-24H2,1-2H3,(H,47,51)(H,48,52)/b45-21+,46-22+. The summed E-state index contributed by atoms with van der Waals surface area (Å²) in [4.78, 5) is 29.7. The van der Waals surface area contributed by atoms with E-state index in [-0.39, 0.29) is 56.8 Å². The molecule has 0 heterocycles. The Kier molecular flexibility index (Phi) is 18.1. The van der Waals surface area contributed by atoms with Crippen LogP contribution >= 0.6 is 63.7 Å². The number of benzene rings is 4. The number of nitrogens with one attached hydrogen (secondary N) is 2. The number of carbonyl (C=O) groups is 2. The second-order valence-corrected chi connectivity index (χ2v) is 16.3. The third-order valence-corrected chi connectivity index (χ3v) is 11.3. The minimum atomic E-state index is -0.333. The van der Waals surface area contributed by atoms with Crippen LogP contribution in [0.3, 0.4) is 0 Å². The van der Waals surface area contributed by atoms with E-state index in [9.17, 15) is 30.0 Å². The fourth-order valence-electron chi connectivity index (χ4n) is 5.42. The SMILES string of the molecule is Cc1ccc(N(CCCCOCCCCN(CC(=O)N/N=C/c2cc(Br)c(O)c(Br)c2O)c2ccc(C)cc2)CC(=O)N/N=C/c2cc(Br)c(O)c(Br)c2O)cc1. The van der Waals surface area contributed by atoms with Gasteiger partial charge in [0.25, 0.3) is 11.8 Å². The Morgan fingerprint density at radius 2 is 0.982 bits per heavy atom. The number of nitrogens with zero attached hydrogens (tertiary/aromatic N) is 4. The fraction of sp³-hybridized carbons (Fsp3) is 0.300. The third-order valence-electron chi connectivity index (χ3n) is 8.58. The van der Waals surface area contributed by atoms with E-state index in [1.54, 1.807) is 0 Å². The molecule has 2 amide bonds. The molecule has 4 aromatic rings. The van der Waals surface area contributed by atoms with Crippen LogP contribution in [0, 0.1) is 13.8 Å². The van der Waals surface area contributed by atoms with E-state index in [1.165, 1.54) is 24.6 Å². The molecular formula is C40H44Br4N6O7. The first-order chi connectivity index (χ1) is 27.2. The third kappa shape index (κ3) is 14.0. The molecule has 17 heteroatoms. The fourth-order valence-corrected chi connectivity index (χ4v) is 7.73. The van der Waals surface area contributed by atoms with E-state index >= 15 is 0 Å². The summed E-state index contributed by atoms with van der Waals surface area (Å²) in [6, 6.07) is 18.9. The highest BCUT2D eigenvalue weighted by Gasteiger charge is 2.16. The molecule has 0 bridgehead atoms. The van der Waals surface area contributed by atoms with Crippen molar-refractivity contribution >= 4 is 99.3 Å². The Morgan fingerprint density at radius 3 is 1.35 bits per heavy atom. The maximum absolute atomic E-state index is 12.9. The number of rotatable bonds is 20. The second-order valence-electron chi connectivity index (χ2n) is 13.0. The molecule has 0 atom stereocenters. The summed E-state index contributed by atoms with van der Waals surface area (Å²) in [7, 11) is 0. The zero-order chi connectivity index (χ0) is 41.5. The number of aromatic hydroxyl groups is 4. The van der Waals surface area contributed by atoms with E-state index in [4.69, 9.17) is 4.74 Å². The number of unbranched alkanes of at least 4 members (excludes halogenated alkanes) is 2. The van der Waals surface area contributed by atoms with Crippen molar-refractivity contribution in [2.75, 3.05) is 49.2 Å². The van der Waals surface area contributed by atoms with Gasteiger partial charge in [-0.2, -0.15) is 10.2 Å². The predicted molar refractivity (Wildman–Crippen MR) is 238 cm³/mol. The van der Waals surface area contributed by atoms with Gasteiger partial charge >= 0.3 is 0 Å². The Hall–Kier alpha value is -4.16. The minimum Gasteiger partial charge on any atom is -0.506 e. The molecule has 0 aliphatic heterocycles. The van der Waals surface area contributed by atoms with Crippen molar-refractivity contribution in [2.45, 2.75) is 39.5 Å². The average Bonchev–Trinajstić information content (AvgIpc) is 3.19. The molecule has 0 aliphatic rings. The van der Waals surface area contributed by atoms with E-state index in [1.807, 2.05) is 72.2 Å². The van der Waals surface area contributed by atoms with E-state index in [2.05, 4.69) is 84.8 Å². The first-order valence-corrected chi connectivity index (χ1v) is 21.1. The van der Waals surface area contributed by atoms with Crippen molar-refractivity contribution in [3.63, 3.8) is 0 Å². The first kappa shape index (κ1) is 45.5. The lowest BCUT2D eigenvalue weighted by atomic mass is 10.2. The highest BCUT2D eigenvalue weighted by atomic mass is 79.9. The quantitative estimate of drug-likeness (QED) is 0.0288. The molecule has 0 aromatic heterocycles. The molecule has 0 saturated heterocycles. The predicted octanol–water partition coefficient (Wildman–Crippen LogP) is 8.37. The number of ether oxygens (including phenoxy) is 1. The van der Waals surface area contributed by atoms with Crippen molar-refractivity contribution in [3.05, 3.63) is 101 Å². The summed E-state index contributed by atoms with van der Waals surface area (Å²) in [5.74, 6) is -1.36. The van der Waals surface area contributed by atoms with Gasteiger partial charge < -0.3 is 35.0 Å².